The van der Waals surface area contributed by atoms with E-state index in [-0.39, 0.29) is 12.5 Å². The minimum absolute atomic E-state index is 0.00272. The van der Waals surface area contributed by atoms with Crippen LogP contribution in [0.4, 0.5) is 5.69 Å². The summed E-state index contributed by atoms with van der Waals surface area (Å²) in [5.74, 6) is 0.282. The number of alkyl halides is 1. The monoisotopic (exact) mass is 198 g/mol. The number of amides is 1. The van der Waals surface area contributed by atoms with E-state index in [1.807, 2.05) is 12.1 Å². The standard InChI is InChI=1S/C9H11ClN2O/c10-5-7-1-3-8(4-2-7)12-9(13)6-11/h1-4H,5-6,11H2,(H,12,13). The summed E-state index contributed by atoms with van der Waals surface area (Å²) in [6.07, 6.45) is 0. The fraction of sp³-hybridized carbons (Fsp3) is 0.222. The van der Waals surface area contributed by atoms with E-state index in [2.05, 4.69) is 5.32 Å². The molecule has 3 N–H and O–H groups in total. The van der Waals surface area contributed by atoms with E-state index >= 15 is 0 Å². The van der Waals surface area contributed by atoms with Crippen LogP contribution in [0.5, 0.6) is 0 Å². The first-order chi connectivity index (χ1) is 6.26. The summed E-state index contributed by atoms with van der Waals surface area (Å²) in [7, 11) is 0. The molecule has 1 aromatic carbocycles. The Labute approximate surface area is 81.9 Å². The molecule has 1 amide bonds. The van der Waals surface area contributed by atoms with Crippen LogP contribution in [-0.2, 0) is 10.7 Å². The predicted octanol–water partition coefficient (Wildman–Crippen LogP) is 1.32. The van der Waals surface area contributed by atoms with Gasteiger partial charge in [0, 0.05) is 11.6 Å². The Morgan fingerprint density at radius 2 is 2.00 bits per heavy atom. The molecular formula is C9H11ClN2O. The molecule has 3 nitrogen and oxygen atoms in total. The molecule has 0 atom stereocenters. The molecular weight excluding hydrogens is 188 g/mol. The SMILES string of the molecule is NCC(=O)Nc1ccc(CCl)cc1. The van der Waals surface area contributed by atoms with Gasteiger partial charge >= 0.3 is 0 Å². The van der Waals surface area contributed by atoms with Crippen molar-refractivity contribution in [3.8, 4) is 0 Å². The summed E-state index contributed by atoms with van der Waals surface area (Å²) >= 11 is 5.60. The number of anilines is 1. The van der Waals surface area contributed by atoms with Crippen LogP contribution in [0.3, 0.4) is 0 Å². The summed E-state index contributed by atoms with van der Waals surface area (Å²) < 4.78 is 0. The van der Waals surface area contributed by atoms with Gasteiger partial charge in [0.25, 0.3) is 0 Å². The maximum atomic E-state index is 10.9. The molecule has 0 saturated heterocycles. The highest BCUT2D eigenvalue weighted by Crippen LogP contribution is 2.10. The number of halogens is 1. The molecule has 0 spiro atoms. The lowest BCUT2D eigenvalue weighted by molar-refractivity contribution is -0.114. The van der Waals surface area contributed by atoms with Crippen molar-refractivity contribution in [1.29, 1.82) is 0 Å². The molecule has 0 aromatic heterocycles. The van der Waals surface area contributed by atoms with Crippen LogP contribution in [0, 0.1) is 0 Å². The molecule has 0 unspecified atom stereocenters. The van der Waals surface area contributed by atoms with Gasteiger partial charge in [-0.15, -0.1) is 11.6 Å². The first kappa shape index (κ1) is 10.0. The van der Waals surface area contributed by atoms with Crippen molar-refractivity contribution in [2.45, 2.75) is 5.88 Å². The number of rotatable bonds is 3. The average Bonchev–Trinajstić information content (AvgIpc) is 2.19. The molecule has 70 valence electrons. The van der Waals surface area contributed by atoms with Gasteiger partial charge < -0.3 is 11.1 Å². The number of benzene rings is 1. The number of hydrogen-bond acceptors (Lipinski definition) is 2. The maximum Gasteiger partial charge on any atom is 0.238 e. The third kappa shape index (κ3) is 3.05. The van der Waals surface area contributed by atoms with E-state index in [4.69, 9.17) is 17.3 Å². The van der Waals surface area contributed by atoms with Crippen molar-refractivity contribution < 1.29 is 4.79 Å². The summed E-state index contributed by atoms with van der Waals surface area (Å²) in [4.78, 5) is 10.9. The molecule has 1 aromatic rings. The number of hydrogen-bond donors (Lipinski definition) is 2. The van der Waals surface area contributed by atoms with Crippen LogP contribution in [0.2, 0.25) is 0 Å². The summed E-state index contributed by atoms with van der Waals surface area (Å²) in [5, 5.41) is 2.64. The fourth-order valence-corrected chi connectivity index (χ4v) is 1.07. The van der Waals surface area contributed by atoms with Crippen molar-refractivity contribution in [1.82, 2.24) is 0 Å². The van der Waals surface area contributed by atoms with E-state index in [0.717, 1.165) is 11.3 Å². The van der Waals surface area contributed by atoms with Gasteiger partial charge in [0.1, 0.15) is 0 Å². The summed E-state index contributed by atoms with van der Waals surface area (Å²) in [6, 6.07) is 7.31. The quantitative estimate of drug-likeness (QED) is 0.720. The minimum Gasteiger partial charge on any atom is -0.325 e. The van der Waals surface area contributed by atoms with Crippen LogP contribution in [0.1, 0.15) is 5.56 Å². The Kier molecular flexibility index (Phi) is 3.73. The molecule has 0 fully saturated rings. The van der Waals surface area contributed by atoms with Crippen molar-refractivity contribution in [3.63, 3.8) is 0 Å². The van der Waals surface area contributed by atoms with Gasteiger partial charge in [-0.3, -0.25) is 4.79 Å². The highest BCUT2D eigenvalue weighted by molar-refractivity contribution is 6.17. The molecule has 0 heterocycles. The van der Waals surface area contributed by atoms with Gasteiger partial charge in [-0.2, -0.15) is 0 Å². The second kappa shape index (κ2) is 4.84. The second-order valence-corrected chi connectivity index (χ2v) is 2.85. The Morgan fingerprint density at radius 1 is 1.38 bits per heavy atom. The van der Waals surface area contributed by atoms with E-state index in [1.165, 1.54) is 0 Å². The number of nitrogens with one attached hydrogen (secondary N) is 1. The zero-order chi connectivity index (χ0) is 9.68. The lowest BCUT2D eigenvalue weighted by Gasteiger charge is -2.03. The third-order valence-electron chi connectivity index (χ3n) is 1.58. The lowest BCUT2D eigenvalue weighted by atomic mass is 10.2. The Bertz CT molecular complexity index is 284. The molecule has 0 aliphatic rings. The topological polar surface area (TPSA) is 55.1 Å². The van der Waals surface area contributed by atoms with Crippen molar-refractivity contribution in [2.75, 3.05) is 11.9 Å². The molecule has 0 saturated carbocycles. The zero-order valence-electron chi connectivity index (χ0n) is 7.09. The second-order valence-electron chi connectivity index (χ2n) is 2.58. The minimum atomic E-state index is -0.196. The first-order valence-corrected chi connectivity index (χ1v) is 4.44. The summed E-state index contributed by atoms with van der Waals surface area (Å²) in [5.41, 5.74) is 6.90. The van der Waals surface area contributed by atoms with Gasteiger partial charge in [-0.05, 0) is 17.7 Å². The Morgan fingerprint density at radius 3 is 2.46 bits per heavy atom. The number of carbonyl (C=O) groups is 1. The normalized spacial score (nSPS) is 9.69. The van der Waals surface area contributed by atoms with Crippen LogP contribution in [0.15, 0.2) is 24.3 Å². The molecule has 0 radical (unpaired) electrons. The van der Waals surface area contributed by atoms with E-state index in [0.29, 0.717) is 5.88 Å². The van der Waals surface area contributed by atoms with Gasteiger partial charge in [-0.1, -0.05) is 12.1 Å². The molecule has 0 aliphatic carbocycles. The van der Waals surface area contributed by atoms with Gasteiger partial charge in [0.2, 0.25) is 5.91 Å². The maximum absolute atomic E-state index is 10.9. The van der Waals surface area contributed by atoms with E-state index < -0.39 is 0 Å². The van der Waals surface area contributed by atoms with Crippen LogP contribution in [0.25, 0.3) is 0 Å². The van der Waals surface area contributed by atoms with Crippen molar-refractivity contribution in [3.05, 3.63) is 29.8 Å². The van der Waals surface area contributed by atoms with Crippen molar-refractivity contribution in [2.24, 2.45) is 5.73 Å². The van der Waals surface area contributed by atoms with Crippen molar-refractivity contribution >= 4 is 23.2 Å². The molecule has 0 bridgehead atoms. The number of nitrogens with two attached hydrogens (primary N) is 1. The zero-order valence-corrected chi connectivity index (χ0v) is 7.84. The average molecular weight is 199 g/mol. The Hall–Kier alpha value is -1.06. The van der Waals surface area contributed by atoms with Crippen LogP contribution in [-0.4, -0.2) is 12.5 Å². The smallest absolute Gasteiger partial charge is 0.238 e. The predicted molar refractivity (Wildman–Crippen MR) is 53.7 cm³/mol. The Balaban J connectivity index is 2.64. The molecule has 0 aliphatic heterocycles. The van der Waals surface area contributed by atoms with E-state index in [9.17, 15) is 4.79 Å². The molecule has 4 heteroatoms. The highest BCUT2D eigenvalue weighted by Gasteiger charge is 1.98. The molecule has 1 rings (SSSR count). The first-order valence-electron chi connectivity index (χ1n) is 3.91. The summed E-state index contributed by atoms with van der Waals surface area (Å²) in [6.45, 7) is -0.00272. The van der Waals surface area contributed by atoms with Crippen LogP contribution >= 0.6 is 11.6 Å². The largest absolute Gasteiger partial charge is 0.325 e. The van der Waals surface area contributed by atoms with Gasteiger partial charge in [-0.25, -0.2) is 0 Å². The van der Waals surface area contributed by atoms with E-state index in [1.54, 1.807) is 12.1 Å². The lowest BCUT2D eigenvalue weighted by Crippen LogP contribution is -2.21. The highest BCUT2D eigenvalue weighted by atomic mass is 35.5. The van der Waals surface area contributed by atoms with Gasteiger partial charge in [0.15, 0.2) is 0 Å². The molecule has 13 heavy (non-hydrogen) atoms. The van der Waals surface area contributed by atoms with Gasteiger partial charge in [0.05, 0.1) is 6.54 Å². The number of carbonyl (C=O) groups excluding carboxylic acids is 1. The fourth-order valence-electron chi connectivity index (χ4n) is 0.889. The third-order valence-corrected chi connectivity index (χ3v) is 1.89. The van der Waals surface area contributed by atoms with Crippen LogP contribution < -0.4 is 11.1 Å².